The second kappa shape index (κ2) is 14.8. The summed E-state index contributed by atoms with van der Waals surface area (Å²) < 4.78 is 11.8. The van der Waals surface area contributed by atoms with Gasteiger partial charge >= 0.3 is 0 Å². The van der Waals surface area contributed by atoms with Gasteiger partial charge in [-0.15, -0.1) is 0 Å². The average molecular weight is 491 g/mol. The standard InChI is InChI=1S/C29H34N2O3S/c1-2-3-4-5-11-20-33-25-16-12-15-24(22-25)30-29(35)31-28(32)26-17-9-10-18-27(26)34-21-19-23-13-7-6-8-14-23/h6-10,12-18,22H,2-5,11,19-21H2,1H3,(H2,30,31,32,35). The maximum atomic E-state index is 12.9. The fourth-order valence-corrected chi connectivity index (χ4v) is 3.81. The van der Waals surface area contributed by atoms with Crippen LogP contribution in [0, 0.1) is 0 Å². The Balaban J connectivity index is 1.48. The summed E-state index contributed by atoms with van der Waals surface area (Å²) in [6.45, 7) is 3.37. The van der Waals surface area contributed by atoms with Gasteiger partial charge in [-0.2, -0.15) is 0 Å². The van der Waals surface area contributed by atoms with Crippen molar-refractivity contribution in [2.24, 2.45) is 0 Å². The van der Waals surface area contributed by atoms with Gasteiger partial charge in [0.25, 0.3) is 5.91 Å². The molecule has 6 heteroatoms. The monoisotopic (exact) mass is 490 g/mol. The number of benzene rings is 3. The zero-order valence-electron chi connectivity index (χ0n) is 20.3. The van der Waals surface area contributed by atoms with Crippen molar-refractivity contribution in [3.05, 3.63) is 90.0 Å². The second-order valence-corrected chi connectivity index (χ2v) is 8.69. The molecule has 0 fully saturated rings. The van der Waals surface area contributed by atoms with E-state index in [2.05, 4.69) is 29.7 Å². The summed E-state index contributed by atoms with van der Waals surface area (Å²) in [5, 5.41) is 6.02. The van der Waals surface area contributed by atoms with E-state index in [1.807, 2.05) is 48.5 Å². The molecule has 0 saturated carbocycles. The largest absolute Gasteiger partial charge is 0.494 e. The normalized spacial score (nSPS) is 10.4. The van der Waals surface area contributed by atoms with Crippen molar-refractivity contribution in [2.75, 3.05) is 18.5 Å². The minimum atomic E-state index is -0.322. The summed E-state index contributed by atoms with van der Waals surface area (Å²) in [4.78, 5) is 12.9. The van der Waals surface area contributed by atoms with E-state index in [9.17, 15) is 4.79 Å². The number of hydrogen-bond donors (Lipinski definition) is 2. The second-order valence-electron chi connectivity index (χ2n) is 8.28. The first kappa shape index (κ1) is 26.2. The van der Waals surface area contributed by atoms with Crippen molar-refractivity contribution in [3.63, 3.8) is 0 Å². The molecule has 2 N–H and O–H groups in total. The number of amides is 1. The molecule has 0 aromatic heterocycles. The van der Waals surface area contributed by atoms with E-state index >= 15 is 0 Å². The lowest BCUT2D eigenvalue weighted by atomic mass is 10.1. The van der Waals surface area contributed by atoms with Crippen molar-refractivity contribution >= 4 is 28.9 Å². The minimum Gasteiger partial charge on any atom is -0.494 e. The van der Waals surface area contributed by atoms with Crippen molar-refractivity contribution in [1.82, 2.24) is 5.32 Å². The number of carbonyl (C=O) groups is 1. The summed E-state index contributed by atoms with van der Waals surface area (Å²) in [5.41, 5.74) is 2.37. The Labute approximate surface area is 213 Å². The Bertz CT molecular complexity index is 1070. The van der Waals surface area contributed by atoms with Crippen LogP contribution in [0.5, 0.6) is 11.5 Å². The molecule has 35 heavy (non-hydrogen) atoms. The molecule has 1 amide bonds. The van der Waals surface area contributed by atoms with E-state index in [0.717, 1.165) is 24.3 Å². The van der Waals surface area contributed by atoms with Crippen LogP contribution in [0.1, 0.15) is 54.9 Å². The lowest BCUT2D eigenvalue weighted by Gasteiger charge is -2.14. The van der Waals surface area contributed by atoms with E-state index in [0.29, 0.717) is 24.5 Å². The van der Waals surface area contributed by atoms with Crippen LogP contribution in [-0.4, -0.2) is 24.2 Å². The number of rotatable bonds is 13. The molecule has 0 bridgehead atoms. The van der Waals surface area contributed by atoms with Crippen molar-refractivity contribution in [2.45, 2.75) is 45.4 Å². The molecule has 5 nitrogen and oxygen atoms in total. The van der Waals surface area contributed by atoms with Crippen LogP contribution in [-0.2, 0) is 6.42 Å². The van der Waals surface area contributed by atoms with Gasteiger partial charge in [-0.05, 0) is 48.5 Å². The van der Waals surface area contributed by atoms with E-state index in [1.54, 1.807) is 18.2 Å². The van der Waals surface area contributed by atoms with Gasteiger partial charge in [-0.25, -0.2) is 0 Å². The molecular formula is C29H34N2O3S. The number of para-hydroxylation sites is 1. The Morgan fingerprint density at radius 3 is 2.43 bits per heavy atom. The molecule has 0 saturated heterocycles. The summed E-state index contributed by atoms with van der Waals surface area (Å²) in [6.07, 6.45) is 6.73. The number of thiocarbonyl (C=S) groups is 1. The number of anilines is 1. The highest BCUT2D eigenvalue weighted by atomic mass is 32.1. The molecule has 184 valence electrons. The molecule has 0 unspecified atom stereocenters. The fraction of sp³-hybridized carbons (Fsp3) is 0.310. The van der Waals surface area contributed by atoms with Gasteiger partial charge in [-0.3, -0.25) is 10.1 Å². The van der Waals surface area contributed by atoms with Gasteiger partial charge in [-0.1, -0.05) is 81.1 Å². The number of nitrogens with one attached hydrogen (secondary N) is 2. The van der Waals surface area contributed by atoms with E-state index in [1.165, 1.54) is 31.2 Å². The topological polar surface area (TPSA) is 59.6 Å². The maximum Gasteiger partial charge on any atom is 0.261 e. The van der Waals surface area contributed by atoms with Crippen LogP contribution in [0.4, 0.5) is 5.69 Å². The van der Waals surface area contributed by atoms with Gasteiger partial charge in [0, 0.05) is 18.2 Å². The number of ether oxygens (including phenoxy) is 2. The molecule has 0 aliphatic heterocycles. The lowest BCUT2D eigenvalue weighted by Crippen LogP contribution is -2.34. The first-order valence-corrected chi connectivity index (χ1v) is 12.7. The Morgan fingerprint density at radius 2 is 1.60 bits per heavy atom. The zero-order chi connectivity index (χ0) is 24.7. The quantitative estimate of drug-likeness (QED) is 0.204. The highest BCUT2D eigenvalue weighted by Gasteiger charge is 2.14. The van der Waals surface area contributed by atoms with Gasteiger partial charge < -0.3 is 14.8 Å². The van der Waals surface area contributed by atoms with Crippen LogP contribution in [0.15, 0.2) is 78.9 Å². The highest BCUT2D eigenvalue weighted by molar-refractivity contribution is 7.80. The van der Waals surface area contributed by atoms with E-state index in [-0.39, 0.29) is 11.0 Å². The maximum absolute atomic E-state index is 12.9. The Morgan fingerprint density at radius 1 is 0.829 bits per heavy atom. The van der Waals surface area contributed by atoms with Crippen LogP contribution in [0.3, 0.4) is 0 Å². The SMILES string of the molecule is CCCCCCCOc1cccc(NC(=S)NC(=O)c2ccccc2OCCc2ccccc2)c1. The Kier molecular flexibility index (Phi) is 11.1. The van der Waals surface area contributed by atoms with Crippen LogP contribution >= 0.6 is 12.2 Å². The van der Waals surface area contributed by atoms with Gasteiger partial charge in [0.15, 0.2) is 5.11 Å². The molecule has 0 atom stereocenters. The Hall–Kier alpha value is -3.38. The van der Waals surface area contributed by atoms with Crippen molar-refractivity contribution < 1.29 is 14.3 Å². The smallest absolute Gasteiger partial charge is 0.261 e. The minimum absolute atomic E-state index is 0.214. The van der Waals surface area contributed by atoms with Gasteiger partial charge in [0.1, 0.15) is 11.5 Å². The third-order valence-electron chi connectivity index (χ3n) is 5.46. The molecule has 3 rings (SSSR count). The summed E-state index contributed by atoms with van der Waals surface area (Å²) in [7, 11) is 0. The molecule has 0 spiro atoms. The third kappa shape index (κ3) is 9.41. The summed E-state index contributed by atoms with van der Waals surface area (Å²) in [5.74, 6) is 0.979. The third-order valence-corrected chi connectivity index (χ3v) is 5.66. The van der Waals surface area contributed by atoms with Crippen LogP contribution in [0.2, 0.25) is 0 Å². The number of carbonyl (C=O) groups excluding carboxylic acids is 1. The molecule has 0 radical (unpaired) electrons. The summed E-state index contributed by atoms with van der Waals surface area (Å²) in [6, 6.07) is 24.8. The molecule has 0 aliphatic carbocycles. The van der Waals surface area contributed by atoms with Gasteiger partial charge in [0.05, 0.1) is 18.8 Å². The summed E-state index contributed by atoms with van der Waals surface area (Å²) >= 11 is 5.37. The number of hydrogen-bond acceptors (Lipinski definition) is 4. The van der Waals surface area contributed by atoms with Crippen molar-refractivity contribution in [1.29, 1.82) is 0 Å². The van der Waals surface area contributed by atoms with Crippen LogP contribution in [0.25, 0.3) is 0 Å². The highest BCUT2D eigenvalue weighted by Crippen LogP contribution is 2.20. The molecule has 0 heterocycles. The fourth-order valence-electron chi connectivity index (χ4n) is 3.60. The van der Waals surface area contributed by atoms with E-state index in [4.69, 9.17) is 21.7 Å². The molecule has 0 aliphatic rings. The van der Waals surface area contributed by atoms with Gasteiger partial charge in [0.2, 0.25) is 0 Å². The predicted molar refractivity (Wildman–Crippen MR) is 146 cm³/mol. The lowest BCUT2D eigenvalue weighted by molar-refractivity contribution is 0.0974. The zero-order valence-corrected chi connectivity index (χ0v) is 21.1. The van der Waals surface area contributed by atoms with Crippen molar-refractivity contribution in [3.8, 4) is 11.5 Å². The molecule has 3 aromatic carbocycles. The van der Waals surface area contributed by atoms with E-state index < -0.39 is 0 Å². The first-order valence-electron chi connectivity index (χ1n) is 12.3. The number of unbranched alkanes of at least 4 members (excludes halogenated alkanes) is 4. The predicted octanol–water partition coefficient (Wildman–Crippen LogP) is 6.78. The first-order chi connectivity index (χ1) is 17.2. The van der Waals surface area contributed by atoms with Crippen LogP contribution < -0.4 is 20.1 Å². The average Bonchev–Trinajstić information content (AvgIpc) is 2.87. The molecule has 3 aromatic rings. The molecular weight excluding hydrogens is 456 g/mol.